The van der Waals surface area contributed by atoms with Crippen LogP contribution in [0.25, 0.3) is 22.3 Å². The highest BCUT2D eigenvalue weighted by Crippen LogP contribution is 2.26. The number of hydrogen-bond donors (Lipinski definition) is 1. The molecule has 4 heterocycles. The van der Waals surface area contributed by atoms with Crippen LogP contribution >= 0.6 is 11.3 Å². The summed E-state index contributed by atoms with van der Waals surface area (Å²) in [6, 6.07) is 15.2. The third-order valence-corrected chi connectivity index (χ3v) is 5.00. The van der Waals surface area contributed by atoms with E-state index in [0.29, 0.717) is 34.0 Å². The van der Waals surface area contributed by atoms with E-state index >= 15 is 0 Å². The summed E-state index contributed by atoms with van der Waals surface area (Å²) in [7, 11) is 0. The average molecular weight is 402 g/mol. The number of carbonyl (C=O) groups excluding carboxylic acids is 1. The zero-order valence-electron chi connectivity index (χ0n) is 15.0. The molecule has 0 saturated carbocycles. The number of nitrogens with zero attached hydrogens (tertiary/aromatic N) is 5. The molecule has 0 atom stereocenters. The Morgan fingerprint density at radius 2 is 2.07 bits per heavy atom. The normalized spacial score (nSPS) is 11.0. The number of hydrogen-bond acceptors (Lipinski definition) is 7. The third-order valence-electron chi connectivity index (χ3n) is 4.39. The van der Waals surface area contributed by atoms with Gasteiger partial charge in [-0.05, 0) is 18.2 Å². The second-order valence-electron chi connectivity index (χ2n) is 6.24. The summed E-state index contributed by atoms with van der Waals surface area (Å²) in [5.41, 5.74) is 4.22. The number of amides is 1. The highest BCUT2D eigenvalue weighted by molar-refractivity contribution is 7.13. The van der Waals surface area contributed by atoms with Gasteiger partial charge in [0.1, 0.15) is 17.8 Å². The van der Waals surface area contributed by atoms with Crippen LogP contribution < -0.4 is 5.32 Å². The van der Waals surface area contributed by atoms with Crippen LogP contribution in [0, 0.1) is 0 Å². The quantitative estimate of drug-likeness (QED) is 0.479. The number of rotatable bonds is 5. The molecular weight excluding hydrogens is 388 g/mol. The maximum Gasteiger partial charge on any atom is 0.258 e. The van der Waals surface area contributed by atoms with Gasteiger partial charge in [0.2, 0.25) is 5.13 Å². The first-order chi connectivity index (χ1) is 14.3. The van der Waals surface area contributed by atoms with Crippen LogP contribution in [-0.4, -0.2) is 30.9 Å². The summed E-state index contributed by atoms with van der Waals surface area (Å²) in [5.74, 6) is 0.464. The van der Waals surface area contributed by atoms with E-state index in [1.54, 1.807) is 28.7 Å². The molecule has 1 aromatic carbocycles. The molecule has 0 radical (unpaired) electrons. The van der Waals surface area contributed by atoms with E-state index in [0.717, 1.165) is 11.3 Å². The Morgan fingerprint density at radius 3 is 2.83 bits per heavy atom. The van der Waals surface area contributed by atoms with E-state index in [2.05, 4.69) is 20.6 Å². The molecule has 29 heavy (non-hydrogen) atoms. The lowest BCUT2D eigenvalue weighted by Gasteiger charge is -2.08. The fourth-order valence-electron chi connectivity index (χ4n) is 3.05. The predicted molar refractivity (Wildman–Crippen MR) is 109 cm³/mol. The SMILES string of the molecule is O=C(Nc1nncs1)c1cc(-c2ccccc2)nc2c1cnn2Cc1ccco1. The Hall–Kier alpha value is -3.85. The van der Waals surface area contributed by atoms with Crippen molar-refractivity contribution >= 4 is 33.4 Å². The Bertz CT molecular complexity index is 1260. The number of pyridine rings is 1. The largest absolute Gasteiger partial charge is 0.467 e. The first-order valence-electron chi connectivity index (χ1n) is 8.80. The zero-order valence-corrected chi connectivity index (χ0v) is 15.8. The smallest absolute Gasteiger partial charge is 0.258 e. The Balaban J connectivity index is 1.64. The average Bonchev–Trinajstić information content (AvgIpc) is 3.51. The molecule has 9 heteroatoms. The highest BCUT2D eigenvalue weighted by atomic mass is 32.1. The Morgan fingerprint density at radius 1 is 1.17 bits per heavy atom. The van der Waals surface area contributed by atoms with Gasteiger partial charge in [0.05, 0.1) is 29.1 Å². The van der Waals surface area contributed by atoms with E-state index in [-0.39, 0.29) is 5.91 Å². The third kappa shape index (κ3) is 3.39. The lowest BCUT2D eigenvalue weighted by molar-refractivity contribution is 0.102. The number of nitrogens with one attached hydrogen (secondary N) is 1. The minimum absolute atomic E-state index is 0.288. The summed E-state index contributed by atoms with van der Waals surface area (Å²) in [4.78, 5) is 17.8. The van der Waals surface area contributed by atoms with Gasteiger partial charge in [0.25, 0.3) is 5.91 Å². The van der Waals surface area contributed by atoms with Gasteiger partial charge in [0, 0.05) is 5.56 Å². The van der Waals surface area contributed by atoms with Crippen LogP contribution in [0.4, 0.5) is 5.13 Å². The van der Waals surface area contributed by atoms with E-state index in [4.69, 9.17) is 9.40 Å². The fourth-order valence-corrected chi connectivity index (χ4v) is 3.49. The van der Waals surface area contributed by atoms with Gasteiger partial charge in [-0.1, -0.05) is 41.7 Å². The molecule has 5 rings (SSSR count). The molecule has 4 aromatic heterocycles. The Kier molecular flexibility index (Phi) is 4.34. The molecule has 1 N–H and O–H groups in total. The molecule has 0 spiro atoms. The van der Waals surface area contributed by atoms with Gasteiger partial charge in [-0.2, -0.15) is 5.10 Å². The number of carbonyl (C=O) groups is 1. The predicted octanol–water partition coefficient (Wildman–Crippen LogP) is 3.84. The van der Waals surface area contributed by atoms with Crippen LogP contribution in [0.15, 0.2) is 70.9 Å². The molecule has 0 aliphatic heterocycles. The first kappa shape index (κ1) is 17.3. The molecule has 0 bridgehead atoms. The summed E-state index contributed by atoms with van der Waals surface area (Å²) < 4.78 is 7.16. The van der Waals surface area contributed by atoms with Crippen molar-refractivity contribution in [3.05, 3.63) is 77.8 Å². The molecule has 8 nitrogen and oxygen atoms in total. The summed E-state index contributed by atoms with van der Waals surface area (Å²) in [6.07, 6.45) is 3.26. The van der Waals surface area contributed by atoms with Crippen LogP contribution in [-0.2, 0) is 6.54 Å². The fraction of sp³-hybridized carbons (Fsp3) is 0.0500. The van der Waals surface area contributed by atoms with Gasteiger partial charge in [0.15, 0.2) is 5.65 Å². The molecule has 0 aliphatic rings. The minimum Gasteiger partial charge on any atom is -0.467 e. The zero-order chi connectivity index (χ0) is 19.6. The molecule has 0 fully saturated rings. The molecule has 0 saturated heterocycles. The van der Waals surface area contributed by atoms with E-state index < -0.39 is 0 Å². The Labute approximate surface area is 168 Å². The molecule has 0 unspecified atom stereocenters. The van der Waals surface area contributed by atoms with Gasteiger partial charge in [-0.15, -0.1) is 10.2 Å². The van der Waals surface area contributed by atoms with E-state index in [1.807, 2.05) is 42.5 Å². The number of benzene rings is 1. The maximum atomic E-state index is 13.0. The van der Waals surface area contributed by atoms with Crippen molar-refractivity contribution in [2.75, 3.05) is 5.32 Å². The van der Waals surface area contributed by atoms with E-state index in [1.165, 1.54) is 11.3 Å². The highest BCUT2D eigenvalue weighted by Gasteiger charge is 2.19. The van der Waals surface area contributed by atoms with Crippen molar-refractivity contribution < 1.29 is 9.21 Å². The van der Waals surface area contributed by atoms with Crippen molar-refractivity contribution in [1.29, 1.82) is 0 Å². The second kappa shape index (κ2) is 7.28. The van der Waals surface area contributed by atoms with E-state index in [9.17, 15) is 4.79 Å². The lowest BCUT2D eigenvalue weighted by atomic mass is 10.1. The molecule has 142 valence electrons. The molecular formula is C20H14N6O2S. The van der Waals surface area contributed by atoms with Gasteiger partial charge < -0.3 is 4.42 Å². The standard InChI is InChI=1S/C20H14N6O2S/c27-19(24-20-25-21-12-29-20)15-9-17(13-5-2-1-3-6-13)23-18-16(15)10-22-26(18)11-14-7-4-8-28-14/h1-10,12H,11H2,(H,24,25,27). The number of furan rings is 1. The summed E-state index contributed by atoms with van der Waals surface area (Å²) >= 11 is 1.26. The molecule has 0 aliphatic carbocycles. The lowest BCUT2D eigenvalue weighted by Crippen LogP contribution is -2.13. The topological polar surface area (TPSA) is 98.7 Å². The second-order valence-corrected chi connectivity index (χ2v) is 7.07. The van der Waals surface area contributed by atoms with Gasteiger partial charge in [-0.25, -0.2) is 9.67 Å². The van der Waals surface area contributed by atoms with Crippen molar-refractivity contribution in [2.45, 2.75) is 6.54 Å². The van der Waals surface area contributed by atoms with Crippen LogP contribution in [0.3, 0.4) is 0 Å². The number of aromatic nitrogens is 5. The van der Waals surface area contributed by atoms with Crippen LogP contribution in [0.1, 0.15) is 16.1 Å². The monoisotopic (exact) mass is 402 g/mol. The number of anilines is 1. The molecule has 5 aromatic rings. The van der Waals surface area contributed by atoms with Crippen molar-refractivity contribution in [3.63, 3.8) is 0 Å². The maximum absolute atomic E-state index is 13.0. The van der Waals surface area contributed by atoms with Crippen molar-refractivity contribution in [3.8, 4) is 11.3 Å². The minimum atomic E-state index is -0.288. The number of fused-ring (bicyclic) bond motifs is 1. The molecule has 1 amide bonds. The van der Waals surface area contributed by atoms with Gasteiger partial charge in [-0.3, -0.25) is 10.1 Å². The van der Waals surface area contributed by atoms with Gasteiger partial charge >= 0.3 is 0 Å². The van der Waals surface area contributed by atoms with Crippen molar-refractivity contribution in [2.24, 2.45) is 0 Å². The summed E-state index contributed by atoms with van der Waals surface area (Å²) in [6.45, 7) is 0.416. The van der Waals surface area contributed by atoms with Crippen LogP contribution in [0.5, 0.6) is 0 Å². The first-order valence-corrected chi connectivity index (χ1v) is 9.68. The van der Waals surface area contributed by atoms with Crippen LogP contribution in [0.2, 0.25) is 0 Å². The summed E-state index contributed by atoms with van der Waals surface area (Å²) in [5, 5.41) is 15.9. The van der Waals surface area contributed by atoms with Crippen molar-refractivity contribution in [1.82, 2.24) is 25.0 Å².